The van der Waals surface area contributed by atoms with E-state index in [0.29, 0.717) is 0 Å². The number of carboxylic acid groups (broad SMARTS) is 1. The molecule has 0 saturated heterocycles. The minimum absolute atomic E-state index is 0.201. The van der Waals surface area contributed by atoms with Gasteiger partial charge in [0, 0.05) is 0 Å². The number of aliphatic carboxylic acids is 1. The third kappa shape index (κ3) is 3.36. The first kappa shape index (κ1) is 13.3. The molecule has 0 aliphatic heterocycles. The molecular formula is C10H10O6S. The summed E-state index contributed by atoms with van der Waals surface area (Å²) in [5.41, 5.74) is 0. The van der Waals surface area contributed by atoms with E-state index < -0.39 is 28.0 Å². The standard InChI is InChI=1S/C10H10O6S/c1-7(11)9(10(12)13)16-17(14,15)8-5-3-2-4-6-8/h2-6,9H,1H3,(H,12,13). The molecule has 0 fully saturated rings. The predicted molar refractivity (Wildman–Crippen MR) is 56.8 cm³/mol. The third-order valence-corrected chi connectivity index (χ3v) is 3.14. The molecule has 6 nitrogen and oxygen atoms in total. The number of ketones is 1. The van der Waals surface area contributed by atoms with Crippen LogP contribution in [0.2, 0.25) is 0 Å². The van der Waals surface area contributed by atoms with Gasteiger partial charge in [0.15, 0.2) is 5.78 Å². The van der Waals surface area contributed by atoms with Gasteiger partial charge in [-0.3, -0.25) is 4.79 Å². The molecule has 0 aliphatic rings. The highest BCUT2D eigenvalue weighted by Crippen LogP contribution is 2.14. The second kappa shape index (κ2) is 5.07. The van der Waals surface area contributed by atoms with Crippen molar-refractivity contribution in [1.82, 2.24) is 0 Å². The van der Waals surface area contributed by atoms with Crippen LogP contribution in [0.1, 0.15) is 6.92 Å². The van der Waals surface area contributed by atoms with E-state index in [2.05, 4.69) is 4.18 Å². The van der Waals surface area contributed by atoms with Crippen molar-refractivity contribution in [3.05, 3.63) is 30.3 Å². The van der Waals surface area contributed by atoms with Crippen LogP contribution in [0.4, 0.5) is 0 Å². The van der Waals surface area contributed by atoms with Gasteiger partial charge < -0.3 is 5.11 Å². The van der Waals surface area contributed by atoms with Crippen LogP contribution in [0.5, 0.6) is 0 Å². The molecule has 1 aromatic rings. The molecule has 0 bridgehead atoms. The SMILES string of the molecule is CC(=O)C(OS(=O)(=O)c1ccccc1)C(=O)O. The molecule has 92 valence electrons. The summed E-state index contributed by atoms with van der Waals surface area (Å²) < 4.78 is 27.6. The van der Waals surface area contributed by atoms with Crippen LogP contribution in [-0.4, -0.2) is 31.4 Å². The van der Waals surface area contributed by atoms with Crippen molar-refractivity contribution in [2.24, 2.45) is 0 Å². The molecule has 1 rings (SSSR count). The molecule has 0 heterocycles. The number of hydrogen-bond donors (Lipinski definition) is 1. The van der Waals surface area contributed by atoms with E-state index >= 15 is 0 Å². The second-order valence-electron chi connectivity index (χ2n) is 3.19. The molecular weight excluding hydrogens is 248 g/mol. The molecule has 0 aromatic heterocycles. The number of carboxylic acids is 1. The summed E-state index contributed by atoms with van der Waals surface area (Å²) in [6, 6.07) is 7.00. The van der Waals surface area contributed by atoms with Gasteiger partial charge in [0.2, 0.25) is 6.10 Å². The average Bonchev–Trinajstić information content (AvgIpc) is 2.26. The van der Waals surface area contributed by atoms with Crippen LogP contribution in [0.15, 0.2) is 35.2 Å². The van der Waals surface area contributed by atoms with Crippen LogP contribution < -0.4 is 0 Å². The van der Waals surface area contributed by atoms with Gasteiger partial charge in [0.25, 0.3) is 10.1 Å². The minimum Gasteiger partial charge on any atom is -0.479 e. The van der Waals surface area contributed by atoms with Gasteiger partial charge in [0.1, 0.15) is 0 Å². The van der Waals surface area contributed by atoms with Crippen LogP contribution in [0, 0.1) is 0 Å². The fourth-order valence-electron chi connectivity index (χ4n) is 1.05. The van der Waals surface area contributed by atoms with Gasteiger partial charge >= 0.3 is 5.97 Å². The molecule has 1 atom stereocenters. The molecule has 1 aromatic carbocycles. The quantitative estimate of drug-likeness (QED) is 0.607. The van der Waals surface area contributed by atoms with E-state index in [4.69, 9.17) is 5.11 Å². The topological polar surface area (TPSA) is 97.7 Å². The number of hydrogen-bond acceptors (Lipinski definition) is 5. The predicted octanol–water partition coefficient (Wildman–Crippen LogP) is 0.434. The Labute approximate surface area is 98.0 Å². The van der Waals surface area contributed by atoms with Gasteiger partial charge in [-0.15, -0.1) is 0 Å². The summed E-state index contributed by atoms with van der Waals surface area (Å²) in [6.07, 6.45) is -2.01. The zero-order valence-electron chi connectivity index (χ0n) is 8.86. The first-order chi connectivity index (χ1) is 7.84. The summed E-state index contributed by atoms with van der Waals surface area (Å²) in [5.74, 6) is -2.53. The Morgan fingerprint density at radius 2 is 1.76 bits per heavy atom. The van der Waals surface area contributed by atoms with Crippen LogP contribution in [0.3, 0.4) is 0 Å². The minimum atomic E-state index is -4.25. The molecule has 0 spiro atoms. The lowest BCUT2D eigenvalue weighted by Crippen LogP contribution is -2.33. The van der Waals surface area contributed by atoms with Crippen molar-refractivity contribution in [1.29, 1.82) is 0 Å². The summed E-state index contributed by atoms with van der Waals surface area (Å²) >= 11 is 0. The zero-order chi connectivity index (χ0) is 13.1. The maximum atomic E-state index is 11.6. The molecule has 1 N–H and O–H groups in total. The second-order valence-corrected chi connectivity index (χ2v) is 4.76. The van der Waals surface area contributed by atoms with Crippen LogP contribution >= 0.6 is 0 Å². The number of carbonyl (C=O) groups is 2. The number of benzene rings is 1. The van der Waals surface area contributed by atoms with Gasteiger partial charge in [-0.05, 0) is 19.1 Å². The highest BCUT2D eigenvalue weighted by Gasteiger charge is 2.30. The van der Waals surface area contributed by atoms with Crippen molar-refractivity contribution < 1.29 is 27.3 Å². The van der Waals surface area contributed by atoms with E-state index in [0.717, 1.165) is 6.92 Å². The van der Waals surface area contributed by atoms with Gasteiger partial charge in [-0.25, -0.2) is 8.98 Å². The average molecular weight is 258 g/mol. The van der Waals surface area contributed by atoms with Crippen molar-refractivity contribution in [2.45, 2.75) is 17.9 Å². The summed E-state index contributed by atoms with van der Waals surface area (Å²) in [5, 5.41) is 8.64. The Morgan fingerprint density at radius 3 is 2.18 bits per heavy atom. The molecule has 0 aliphatic carbocycles. The van der Waals surface area contributed by atoms with Crippen molar-refractivity contribution in [2.75, 3.05) is 0 Å². The Bertz CT molecular complexity index is 505. The maximum Gasteiger partial charge on any atom is 0.342 e. The summed E-state index contributed by atoms with van der Waals surface area (Å²) in [4.78, 5) is 21.4. The number of Topliss-reactive ketones (excluding diaryl/α,β-unsaturated/α-hetero) is 1. The van der Waals surface area contributed by atoms with E-state index in [1.807, 2.05) is 0 Å². The Balaban J connectivity index is 3.02. The third-order valence-electron chi connectivity index (χ3n) is 1.85. The summed E-state index contributed by atoms with van der Waals surface area (Å²) in [7, 11) is -4.25. The lowest BCUT2D eigenvalue weighted by atomic mass is 10.3. The highest BCUT2D eigenvalue weighted by atomic mass is 32.2. The van der Waals surface area contributed by atoms with E-state index in [1.165, 1.54) is 24.3 Å². The first-order valence-electron chi connectivity index (χ1n) is 4.56. The molecule has 7 heteroatoms. The lowest BCUT2D eigenvalue weighted by Gasteiger charge is -2.10. The normalized spacial score (nSPS) is 13.0. The zero-order valence-corrected chi connectivity index (χ0v) is 9.68. The van der Waals surface area contributed by atoms with Gasteiger partial charge in [-0.1, -0.05) is 18.2 Å². The first-order valence-corrected chi connectivity index (χ1v) is 5.97. The lowest BCUT2D eigenvalue weighted by molar-refractivity contribution is -0.149. The Kier molecular flexibility index (Phi) is 3.97. The van der Waals surface area contributed by atoms with Crippen molar-refractivity contribution in [3.63, 3.8) is 0 Å². The molecule has 0 amide bonds. The van der Waals surface area contributed by atoms with E-state index in [9.17, 15) is 18.0 Å². The van der Waals surface area contributed by atoms with Gasteiger partial charge in [-0.2, -0.15) is 8.42 Å². The molecule has 0 radical (unpaired) electrons. The van der Waals surface area contributed by atoms with Crippen LogP contribution in [0.25, 0.3) is 0 Å². The number of rotatable bonds is 5. The molecule has 17 heavy (non-hydrogen) atoms. The molecule has 1 unspecified atom stereocenters. The highest BCUT2D eigenvalue weighted by molar-refractivity contribution is 7.86. The fourth-order valence-corrected chi connectivity index (χ4v) is 2.12. The summed E-state index contributed by atoms with van der Waals surface area (Å²) in [6.45, 7) is 0.944. The Morgan fingerprint density at radius 1 is 1.24 bits per heavy atom. The van der Waals surface area contributed by atoms with E-state index in [-0.39, 0.29) is 4.90 Å². The van der Waals surface area contributed by atoms with Crippen molar-refractivity contribution in [3.8, 4) is 0 Å². The fraction of sp³-hybridized carbons (Fsp3) is 0.200. The largest absolute Gasteiger partial charge is 0.479 e. The van der Waals surface area contributed by atoms with Crippen LogP contribution in [-0.2, 0) is 23.9 Å². The smallest absolute Gasteiger partial charge is 0.342 e. The Hall–Kier alpha value is -1.73. The van der Waals surface area contributed by atoms with Crippen molar-refractivity contribution >= 4 is 21.9 Å². The number of carbonyl (C=O) groups excluding carboxylic acids is 1. The van der Waals surface area contributed by atoms with Gasteiger partial charge in [0.05, 0.1) is 4.90 Å². The van der Waals surface area contributed by atoms with E-state index in [1.54, 1.807) is 6.07 Å². The maximum absolute atomic E-state index is 11.6. The monoisotopic (exact) mass is 258 g/mol. The molecule has 0 saturated carbocycles.